The highest BCUT2D eigenvalue weighted by Crippen LogP contribution is 2.41. The molecule has 2 aromatic rings. The number of rotatable bonds is 4. The molecule has 0 spiro atoms. The second-order valence-electron chi connectivity index (χ2n) is 5.71. The third-order valence-corrected chi connectivity index (χ3v) is 4.25. The minimum Gasteiger partial charge on any atom is -0.491 e. The molecule has 0 fully saturated rings. The maximum Gasteiger partial charge on any atom is 0.165 e. The Labute approximate surface area is 129 Å². The van der Waals surface area contributed by atoms with E-state index in [2.05, 4.69) is 11.5 Å². The van der Waals surface area contributed by atoms with E-state index in [1.165, 1.54) is 0 Å². The number of Topliss-reactive ketones (excluding diaryl/α,β-unsaturated/α-hetero) is 1. The minimum absolute atomic E-state index is 0.108. The highest BCUT2D eigenvalue weighted by molar-refractivity contribution is 6.02. The van der Waals surface area contributed by atoms with Crippen LogP contribution in [0.25, 0.3) is 11.3 Å². The summed E-state index contributed by atoms with van der Waals surface area (Å²) in [6.07, 6.45) is 2.41. The number of hydrogen-bond donors (Lipinski definition) is 0. The van der Waals surface area contributed by atoms with Crippen molar-refractivity contribution >= 4 is 5.78 Å². The quantitative estimate of drug-likeness (QED) is 0.784. The molecule has 0 saturated carbocycles. The van der Waals surface area contributed by atoms with Crippen molar-refractivity contribution < 1.29 is 13.9 Å². The standard InChI is InChI=1S/C18H20FNO2/c1-4-16(21)12-6-7-20-10-11(3)13-8-15(19)17(22-5-2)9-14(13)18(12)20/h6-9,11H,4-5,10H2,1-3H3. The van der Waals surface area contributed by atoms with Gasteiger partial charge < -0.3 is 9.30 Å². The molecule has 2 heterocycles. The van der Waals surface area contributed by atoms with Crippen LogP contribution in [0.4, 0.5) is 4.39 Å². The summed E-state index contributed by atoms with van der Waals surface area (Å²) in [6, 6.07) is 5.16. The first-order valence-corrected chi connectivity index (χ1v) is 7.75. The van der Waals surface area contributed by atoms with Gasteiger partial charge in [-0.05, 0) is 36.6 Å². The number of benzene rings is 1. The molecule has 1 aliphatic heterocycles. The zero-order chi connectivity index (χ0) is 15.9. The van der Waals surface area contributed by atoms with Gasteiger partial charge >= 0.3 is 0 Å². The van der Waals surface area contributed by atoms with Gasteiger partial charge in [0, 0.05) is 30.3 Å². The molecule has 116 valence electrons. The van der Waals surface area contributed by atoms with Gasteiger partial charge in [-0.3, -0.25) is 4.79 Å². The maximum atomic E-state index is 14.2. The van der Waals surface area contributed by atoms with Crippen molar-refractivity contribution in [2.45, 2.75) is 39.7 Å². The normalized spacial score (nSPS) is 16.1. The molecule has 3 rings (SSSR count). The summed E-state index contributed by atoms with van der Waals surface area (Å²) in [5.74, 6) is 0.218. The average Bonchev–Trinajstić information content (AvgIpc) is 2.92. The molecule has 0 amide bonds. The molecule has 4 heteroatoms. The summed E-state index contributed by atoms with van der Waals surface area (Å²) < 4.78 is 21.6. The Bertz CT molecular complexity index is 733. The second kappa shape index (κ2) is 5.59. The first-order chi connectivity index (χ1) is 10.6. The van der Waals surface area contributed by atoms with Crippen LogP contribution in [0.5, 0.6) is 5.75 Å². The fourth-order valence-corrected chi connectivity index (χ4v) is 3.18. The molecule has 0 saturated heterocycles. The predicted octanol–water partition coefficient (Wildman–Crippen LogP) is 4.40. The van der Waals surface area contributed by atoms with Crippen LogP contribution in [-0.2, 0) is 6.54 Å². The molecule has 1 aromatic heterocycles. The fraction of sp³-hybridized carbons (Fsp3) is 0.389. The molecule has 3 nitrogen and oxygen atoms in total. The fourth-order valence-electron chi connectivity index (χ4n) is 3.18. The van der Waals surface area contributed by atoms with Crippen LogP contribution in [0.1, 0.15) is 49.0 Å². The summed E-state index contributed by atoms with van der Waals surface area (Å²) in [7, 11) is 0. The Morgan fingerprint density at radius 1 is 1.41 bits per heavy atom. The van der Waals surface area contributed by atoms with E-state index in [0.717, 1.165) is 23.4 Å². The molecular weight excluding hydrogens is 281 g/mol. The molecular formula is C18H20FNO2. The molecule has 1 atom stereocenters. The Morgan fingerprint density at radius 2 is 2.18 bits per heavy atom. The van der Waals surface area contributed by atoms with Crippen molar-refractivity contribution in [3.05, 3.63) is 41.3 Å². The molecule has 0 aliphatic carbocycles. The lowest BCUT2D eigenvalue weighted by molar-refractivity contribution is 0.0988. The van der Waals surface area contributed by atoms with E-state index >= 15 is 0 Å². The molecule has 0 bridgehead atoms. The van der Waals surface area contributed by atoms with E-state index in [0.29, 0.717) is 18.6 Å². The van der Waals surface area contributed by atoms with Crippen molar-refractivity contribution in [3.8, 4) is 17.0 Å². The van der Waals surface area contributed by atoms with Crippen LogP contribution in [0.2, 0.25) is 0 Å². The molecule has 1 aliphatic rings. The maximum absolute atomic E-state index is 14.2. The zero-order valence-electron chi connectivity index (χ0n) is 13.1. The molecule has 22 heavy (non-hydrogen) atoms. The predicted molar refractivity (Wildman–Crippen MR) is 84.0 cm³/mol. The van der Waals surface area contributed by atoms with Gasteiger partial charge in [-0.25, -0.2) is 4.39 Å². The summed E-state index contributed by atoms with van der Waals surface area (Å²) in [4.78, 5) is 12.2. The first kappa shape index (κ1) is 14.8. The Hall–Kier alpha value is -2.10. The van der Waals surface area contributed by atoms with E-state index in [1.54, 1.807) is 12.1 Å². The number of halogens is 1. The number of ketones is 1. The van der Waals surface area contributed by atoms with E-state index in [-0.39, 0.29) is 23.3 Å². The van der Waals surface area contributed by atoms with Crippen LogP contribution in [-0.4, -0.2) is 17.0 Å². The smallest absolute Gasteiger partial charge is 0.165 e. The van der Waals surface area contributed by atoms with E-state index in [1.807, 2.05) is 26.1 Å². The number of aromatic nitrogens is 1. The molecule has 1 aromatic carbocycles. The largest absolute Gasteiger partial charge is 0.491 e. The topological polar surface area (TPSA) is 31.2 Å². The highest BCUT2D eigenvalue weighted by Gasteiger charge is 2.27. The summed E-state index contributed by atoms with van der Waals surface area (Å²) in [5.41, 5.74) is 3.45. The van der Waals surface area contributed by atoms with Crippen molar-refractivity contribution in [1.29, 1.82) is 0 Å². The Morgan fingerprint density at radius 3 is 2.86 bits per heavy atom. The number of carbonyl (C=O) groups excluding carboxylic acids is 1. The molecule has 0 N–H and O–H groups in total. The van der Waals surface area contributed by atoms with Crippen LogP contribution in [0, 0.1) is 5.82 Å². The van der Waals surface area contributed by atoms with Gasteiger partial charge in [0.15, 0.2) is 17.3 Å². The SMILES string of the molecule is CCOc1cc2c(cc1F)C(C)Cn1ccc(C(=O)CC)c1-2. The second-order valence-corrected chi connectivity index (χ2v) is 5.71. The lowest BCUT2D eigenvalue weighted by atomic mass is 9.88. The van der Waals surface area contributed by atoms with Crippen molar-refractivity contribution in [2.75, 3.05) is 6.61 Å². The number of carbonyl (C=O) groups is 1. The third kappa shape index (κ3) is 2.23. The van der Waals surface area contributed by atoms with E-state index in [4.69, 9.17) is 4.74 Å². The van der Waals surface area contributed by atoms with Crippen molar-refractivity contribution in [3.63, 3.8) is 0 Å². The Balaban J connectivity index is 2.23. The van der Waals surface area contributed by atoms with Gasteiger partial charge in [-0.2, -0.15) is 0 Å². The van der Waals surface area contributed by atoms with Gasteiger partial charge in [0.25, 0.3) is 0 Å². The zero-order valence-corrected chi connectivity index (χ0v) is 13.1. The number of fused-ring (bicyclic) bond motifs is 3. The minimum atomic E-state index is -0.337. The summed E-state index contributed by atoms with van der Waals surface area (Å²) >= 11 is 0. The number of hydrogen-bond acceptors (Lipinski definition) is 2. The van der Waals surface area contributed by atoms with Crippen molar-refractivity contribution in [1.82, 2.24) is 4.57 Å². The average molecular weight is 301 g/mol. The summed E-state index contributed by atoms with van der Waals surface area (Å²) in [5, 5.41) is 0. The number of nitrogens with zero attached hydrogens (tertiary/aromatic N) is 1. The first-order valence-electron chi connectivity index (χ1n) is 7.75. The van der Waals surface area contributed by atoms with Gasteiger partial charge in [-0.1, -0.05) is 13.8 Å². The van der Waals surface area contributed by atoms with Crippen LogP contribution in [0.15, 0.2) is 24.4 Å². The van der Waals surface area contributed by atoms with Crippen LogP contribution < -0.4 is 4.74 Å². The lowest BCUT2D eigenvalue weighted by Gasteiger charge is -2.27. The number of ether oxygens (including phenoxy) is 1. The van der Waals surface area contributed by atoms with E-state index in [9.17, 15) is 9.18 Å². The van der Waals surface area contributed by atoms with Gasteiger partial charge in [0.2, 0.25) is 0 Å². The van der Waals surface area contributed by atoms with Gasteiger partial charge in [0.1, 0.15) is 0 Å². The van der Waals surface area contributed by atoms with Gasteiger partial charge in [0.05, 0.1) is 12.3 Å². The van der Waals surface area contributed by atoms with Crippen LogP contribution >= 0.6 is 0 Å². The van der Waals surface area contributed by atoms with Crippen molar-refractivity contribution in [2.24, 2.45) is 0 Å². The highest BCUT2D eigenvalue weighted by atomic mass is 19.1. The monoisotopic (exact) mass is 301 g/mol. The Kier molecular flexibility index (Phi) is 3.77. The van der Waals surface area contributed by atoms with E-state index < -0.39 is 0 Å². The lowest BCUT2D eigenvalue weighted by Crippen LogP contribution is -2.16. The third-order valence-electron chi connectivity index (χ3n) is 4.25. The van der Waals surface area contributed by atoms with Crippen LogP contribution in [0.3, 0.4) is 0 Å². The molecule has 0 radical (unpaired) electrons. The molecule has 1 unspecified atom stereocenters. The van der Waals surface area contributed by atoms with Gasteiger partial charge in [-0.15, -0.1) is 0 Å². The summed E-state index contributed by atoms with van der Waals surface area (Å²) in [6.45, 7) is 6.92.